The molecule has 3 amide bonds. The topological polar surface area (TPSA) is 61.4 Å². The monoisotopic (exact) mass is 443 g/mol. The first kappa shape index (κ1) is 21.3. The number of nitrogens with zero attached hydrogens (tertiary/aromatic N) is 1. The number of carbonyl (C=O) groups is 2. The fourth-order valence-corrected chi connectivity index (χ4v) is 5.09. The molecule has 1 aromatic carbocycles. The molecule has 1 heterocycles. The van der Waals surface area contributed by atoms with E-state index in [-0.39, 0.29) is 23.3 Å². The quantitative estimate of drug-likeness (QED) is 0.733. The Morgan fingerprint density at radius 3 is 2.60 bits per heavy atom. The molecule has 2 saturated carbocycles. The first-order valence-electron chi connectivity index (χ1n) is 10.3. The maximum atomic E-state index is 13.8. The molecule has 0 aromatic heterocycles. The average molecular weight is 444 g/mol. The van der Waals surface area contributed by atoms with Crippen molar-refractivity contribution in [3.05, 3.63) is 34.6 Å². The molecular weight excluding hydrogens is 419 g/mol. The predicted octanol–water partition coefficient (Wildman–Crippen LogP) is 4.27. The number of rotatable bonds is 3. The molecule has 1 spiro atoms. The van der Waals surface area contributed by atoms with Crippen LogP contribution in [0.5, 0.6) is 0 Å². The summed E-state index contributed by atoms with van der Waals surface area (Å²) in [6.07, 6.45) is 1.80. The summed E-state index contributed by atoms with van der Waals surface area (Å²) in [7, 11) is 0. The summed E-state index contributed by atoms with van der Waals surface area (Å²) in [6, 6.07) is 2.76. The number of amides is 3. The minimum atomic E-state index is -2.59. The molecule has 1 aromatic rings. The number of benzene rings is 1. The van der Waals surface area contributed by atoms with Crippen LogP contribution < -0.4 is 10.6 Å². The van der Waals surface area contributed by atoms with Gasteiger partial charge in [0.2, 0.25) is 5.91 Å². The fourth-order valence-electron chi connectivity index (χ4n) is 4.90. The predicted molar refractivity (Wildman–Crippen MR) is 106 cm³/mol. The van der Waals surface area contributed by atoms with Gasteiger partial charge in [-0.15, -0.1) is 0 Å². The zero-order valence-electron chi connectivity index (χ0n) is 16.7. The SMILES string of the molecule is C[C@@H]1C(=O)NCCN1C(=O)NC(c1ccc(F)c(Cl)c1)C1CCC2(CC1)CC2(F)F. The van der Waals surface area contributed by atoms with Gasteiger partial charge >= 0.3 is 6.03 Å². The highest BCUT2D eigenvalue weighted by Crippen LogP contribution is 2.68. The van der Waals surface area contributed by atoms with Crippen molar-refractivity contribution in [3.8, 4) is 0 Å². The highest BCUT2D eigenvalue weighted by molar-refractivity contribution is 6.30. The Labute approximate surface area is 178 Å². The van der Waals surface area contributed by atoms with Crippen LogP contribution in [-0.2, 0) is 4.79 Å². The third-order valence-electron chi connectivity index (χ3n) is 7.01. The number of hydrogen-bond acceptors (Lipinski definition) is 2. The van der Waals surface area contributed by atoms with Crippen molar-refractivity contribution in [2.24, 2.45) is 11.3 Å². The molecule has 5 nitrogen and oxygen atoms in total. The van der Waals surface area contributed by atoms with Gasteiger partial charge in [0.15, 0.2) is 0 Å². The van der Waals surface area contributed by atoms with Gasteiger partial charge in [-0.3, -0.25) is 4.79 Å². The lowest BCUT2D eigenvalue weighted by Gasteiger charge is -2.38. The number of alkyl halides is 2. The van der Waals surface area contributed by atoms with Crippen LogP contribution in [0, 0.1) is 17.2 Å². The van der Waals surface area contributed by atoms with Gasteiger partial charge in [-0.1, -0.05) is 17.7 Å². The molecule has 1 saturated heterocycles. The van der Waals surface area contributed by atoms with E-state index in [1.807, 2.05) is 0 Å². The number of hydrogen-bond donors (Lipinski definition) is 2. The molecule has 164 valence electrons. The second-order valence-corrected chi connectivity index (χ2v) is 9.17. The van der Waals surface area contributed by atoms with Crippen molar-refractivity contribution in [2.75, 3.05) is 13.1 Å². The Balaban J connectivity index is 1.54. The second kappa shape index (κ2) is 7.62. The fraction of sp³-hybridized carbons (Fsp3) is 0.619. The molecule has 30 heavy (non-hydrogen) atoms. The first-order valence-corrected chi connectivity index (χ1v) is 10.7. The van der Waals surface area contributed by atoms with Crippen LogP contribution in [0.15, 0.2) is 18.2 Å². The molecular formula is C21H25ClF3N3O2. The Hall–Kier alpha value is -1.96. The van der Waals surface area contributed by atoms with Crippen molar-refractivity contribution in [1.29, 1.82) is 0 Å². The minimum Gasteiger partial charge on any atom is -0.353 e. The lowest BCUT2D eigenvalue weighted by molar-refractivity contribution is -0.126. The van der Waals surface area contributed by atoms with Gasteiger partial charge in [0, 0.05) is 24.9 Å². The molecule has 1 unspecified atom stereocenters. The van der Waals surface area contributed by atoms with E-state index < -0.39 is 35.3 Å². The lowest BCUT2D eigenvalue weighted by atomic mass is 9.74. The summed E-state index contributed by atoms with van der Waals surface area (Å²) < 4.78 is 41.3. The van der Waals surface area contributed by atoms with Crippen molar-refractivity contribution in [2.45, 2.75) is 57.0 Å². The van der Waals surface area contributed by atoms with E-state index in [2.05, 4.69) is 10.6 Å². The van der Waals surface area contributed by atoms with E-state index in [1.54, 1.807) is 13.0 Å². The number of urea groups is 1. The molecule has 0 bridgehead atoms. The molecule has 2 N–H and O–H groups in total. The summed E-state index contributed by atoms with van der Waals surface area (Å²) in [5.74, 6) is -3.46. The number of halogens is 4. The number of piperazine rings is 1. The van der Waals surface area contributed by atoms with Crippen molar-refractivity contribution in [3.63, 3.8) is 0 Å². The van der Waals surface area contributed by atoms with E-state index in [4.69, 9.17) is 11.6 Å². The maximum Gasteiger partial charge on any atom is 0.318 e. The first-order chi connectivity index (χ1) is 14.1. The third-order valence-corrected chi connectivity index (χ3v) is 7.30. The van der Waals surface area contributed by atoms with E-state index in [9.17, 15) is 22.8 Å². The summed E-state index contributed by atoms with van der Waals surface area (Å²) >= 11 is 5.97. The van der Waals surface area contributed by atoms with Gasteiger partial charge in [-0.2, -0.15) is 0 Å². The van der Waals surface area contributed by atoms with Crippen LogP contribution in [0.4, 0.5) is 18.0 Å². The van der Waals surface area contributed by atoms with Gasteiger partial charge in [0.1, 0.15) is 11.9 Å². The van der Waals surface area contributed by atoms with Crippen LogP contribution in [0.2, 0.25) is 5.02 Å². The van der Waals surface area contributed by atoms with Gasteiger partial charge in [-0.25, -0.2) is 18.0 Å². The van der Waals surface area contributed by atoms with Crippen LogP contribution in [0.25, 0.3) is 0 Å². The Bertz CT molecular complexity index is 858. The minimum absolute atomic E-state index is 0.0570. The average Bonchev–Trinajstić information content (AvgIpc) is 3.24. The van der Waals surface area contributed by atoms with Crippen molar-refractivity contribution in [1.82, 2.24) is 15.5 Å². The molecule has 0 radical (unpaired) electrons. The van der Waals surface area contributed by atoms with E-state index in [0.717, 1.165) is 0 Å². The molecule has 1 aliphatic heterocycles. The van der Waals surface area contributed by atoms with E-state index in [1.165, 1.54) is 17.0 Å². The smallest absolute Gasteiger partial charge is 0.318 e. The Morgan fingerprint density at radius 2 is 2.00 bits per heavy atom. The molecule has 2 atom stereocenters. The molecule has 4 rings (SSSR count). The van der Waals surface area contributed by atoms with Crippen LogP contribution in [0.3, 0.4) is 0 Å². The molecule has 3 fully saturated rings. The van der Waals surface area contributed by atoms with Gasteiger partial charge < -0.3 is 15.5 Å². The zero-order chi connectivity index (χ0) is 21.7. The van der Waals surface area contributed by atoms with Gasteiger partial charge in [0.05, 0.1) is 11.1 Å². The Morgan fingerprint density at radius 1 is 1.33 bits per heavy atom. The van der Waals surface area contributed by atoms with E-state index in [0.29, 0.717) is 44.3 Å². The standard InChI is InChI=1S/C21H25ClF3N3O2/c1-12-18(29)26-8-9-28(12)19(30)27-17(14-2-3-16(23)15(22)10-14)13-4-6-20(7-5-13)11-21(20,24)25/h2-3,10,12-13,17H,4-9,11H2,1H3,(H,26,29)(H,27,30)/t12-,13?,17?,20?/m1/s1. The van der Waals surface area contributed by atoms with Gasteiger partial charge in [-0.05, 0) is 56.2 Å². The van der Waals surface area contributed by atoms with Crippen LogP contribution >= 0.6 is 11.6 Å². The van der Waals surface area contributed by atoms with Gasteiger partial charge in [0.25, 0.3) is 5.92 Å². The second-order valence-electron chi connectivity index (χ2n) is 8.76. The summed E-state index contributed by atoms with van der Waals surface area (Å²) in [6.45, 7) is 2.39. The Kier molecular flexibility index (Phi) is 5.41. The largest absolute Gasteiger partial charge is 0.353 e. The normalized spacial score (nSPS) is 31.2. The molecule has 3 aliphatic rings. The van der Waals surface area contributed by atoms with Crippen LogP contribution in [0.1, 0.15) is 50.6 Å². The summed E-state index contributed by atoms with van der Waals surface area (Å²) in [5, 5.41) is 5.63. The summed E-state index contributed by atoms with van der Waals surface area (Å²) in [4.78, 5) is 26.4. The highest BCUT2D eigenvalue weighted by atomic mass is 35.5. The van der Waals surface area contributed by atoms with Crippen LogP contribution in [-0.4, -0.2) is 41.9 Å². The zero-order valence-corrected chi connectivity index (χ0v) is 17.4. The summed E-state index contributed by atoms with van der Waals surface area (Å²) in [5.41, 5.74) is -0.259. The van der Waals surface area contributed by atoms with E-state index >= 15 is 0 Å². The molecule has 9 heteroatoms. The number of carbonyl (C=O) groups excluding carboxylic acids is 2. The maximum absolute atomic E-state index is 13.8. The van der Waals surface area contributed by atoms with Crippen molar-refractivity contribution < 1.29 is 22.8 Å². The molecule has 2 aliphatic carbocycles. The lowest BCUT2D eigenvalue weighted by Crippen LogP contribution is -2.58. The van der Waals surface area contributed by atoms with Crippen molar-refractivity contribution >= 4 is 23.5 Å². The number of nitrogens with one attached hydrogen (secondary N) is 2. The highest BCUT2D eigenvalue weighted by Gasteiger charge is 2.70. The third kappa shape index (κ3) is 3.74.